The Morgan fingerprint density at radius 2 is 1.11 bits per heavy atom. The third kappa shape index (κ3) is 6.93. The Balaban J connectivity index is 1.14. The zero-order chi connectivity index (χ0) is 33.9. The number of ether oxygens (including phenoxy) is 9. The first-order valence-corrected chi connectivity index (χ1v) is 16.0. The van der Waals surface area contributed by atoms with Gasteiger partial charge in [0.2, 0.25) is 0 Å². The van der Waals surface area contributed by atoms with Crippen molar-refractivity contribution in [3.8, 4) is 0 Å². The molecule has 20 atom stereocenters. The molecule has 47 heavy (non-hydrogen) atoms. The fourth-order valence-corrected chi connectivity index (χ4v) is 7.03. The molecule has 0 aromatic carbocycles. The highest BCUT2D eigenvalue weighted by Crippen LogP contribution is 2.38. The molecule has 6 saturated heterocycles. The van der Waals surface area contributed by atoms with Gasteiger partial charge in [-0.25, -0.2) is 4.18 Å². The van der Waals surface area contributed by atoms with Crippen LogP contribution >= 0.6 is 0 Å². The van der Waals surface area contributed by atoms with E-state index in [0.29, 0.717) is 0 Å². The summed E-state index contributed by atoms with van der Waals surface area (Å²) in [5.41, 5.74) is 0. The summed E-state index contributed by atoms with van der Waals surface area (Å²) in [6, 6.07) is 0. The third-order valence-electron chi connectivity index (χ3n) is 8.90. The predicted molar refractivity (Wildman–Crippen MR) is 138 cm³/mol. The van der Waals surface area contributed by atoms with Gasteiger partial charge in [0.1, 0.15) is 97.7 Å². The average molecular weight is 711 g/mol. The summed E-state index contributed by atoms with van der Waals surface area (Å²) in [6.45, 7) is -1.96. The van der Waals surface area contributed by atoms with Crippen LogP contribution in [0, 0.1) is 0 Å². The Kier molecular flexibility index (Phi) is 10.7. The van der Waals surface area contributed by atoms with Crippen LogP contribution in [0.2, 0.25) is 0 Å². The van der Waals surface area contributed by atoms with Gasteiger partial charge in [-0.3, -0.25) is 4.55 Å². The van der Waals surface area contributed by atoms with Gasteiger partial charge in [-0.15, -0.1) is 0 Å². The topological polar surface area (TPSA) is 329 Å². The van der Waals surface area contributed by atoms with Gasteiger partial charge in [0.25, 0.3) is 0 Å². The molecule has 4 bridgehead atoms. The summed E-state index contributed by atoms with van der Waals surface area (Å²) < 4.78 is 86.6. The van der Waals surface area contributed by atoms with Crippen molar-refractivity contribution in [2.45, 2.75) is 123 Å². The second kappa shape index (κ2) is 14.0. The first kappa shape index (κ1) is 36.0. The zero-order valence-corrected chi connectivity index (χ0v) is 25.0. The summed E-state index contributed by atoms with van der Waals surface area (Å²) in [6.07, 6.45) is -30.5. The van der Waals surface area contributed by atoms with E-state index in [0.717, 1.165) is 0 Å². The van der Waals surface area contributed by atoms with E-state index in [1.165, 1.54) is 0 Å². The average Bonchev–Trinajstić information content (AvgIpc) is 3.48. The van der Waals surface area contributed by atoms with Gasteiger partial charge in [0, 0.05) is 0 Å². The smallest absolute Gasteiger partial charge is 0.394 e. The van der Waals surface area contributed by atoms with Crippen LogP contribution in [0.3, 0.4) is 0 Å². The maximum Gasteiger partial charge on any atom is 0.397 e. The highest BCUT2D eigenvalue weighted by Gasteiger charge is 2.59. The fraction of sp³-hybridized carbons (Fsp3) is 1.00. The molecule has 23 heteroatoms. The van der Waals surface area contributed by atoms with Crippen LogP contribution in [0.25, 0.3) is 0 Å². The van der Waals surface area contributed by atoms with Crippen molar-refractivity contribution in [1.82, 2.24) is 0 Å². The summed E-state index contributed by atoms with van der Waals surface area (Å²) in [7, 11) is -5.20. The molecule has 6 aliphatic rings. The lowest BCUT2D eigenvalue weighted by Crippen LogP contribution is -2.66. The molecule has 0 radical (unpaired) electrons. The number of aliphatic hydroxyl groups excluding tert-OH is 9. The quantitative estimate of drug-likeness (QED) is 0.0941. The Bertz CT molecular complexity index is 1180. The summed E-state index contributed by atoms with van der Waals surface area (Å²) >= 11 is 0. The van der Waals surface area contributed by atoms with E-state index in [1.54, 1.807) is 0 Å². The zero-order valence-electron chi connectivity index (χ0n) is 24.2. The van der Waals surface area contributed by atoms with Gasteiger partial charge in [-0.2, -0.15) is 8.42 Å². The van der Waals surface area contributed by atoms with Crippen molar-refractivity contribution >= 4 is 10.4 Å². The molecule has 0 aromatic rings. The van der Waals surface area contributed by atoms with Crippen LogP contribution in [-0.4, -0.2) is 208 Å². The van der Waals surface area contributed by atoms with Crippen LogP contribution in [-0.2, 0) is 57.2 Å². The number of rotatable bonds is 10. The monoisotopic (exact) mass is 710 g/mol. The van der Waals surface area contributed by atoms with Crippen LogP contribution in [0.5, 0.6) is 0 Å². The van der Waals surface area contributed by atoms with Crippen LogP contribution in [0.1, 0.15) is 0 Å². The molecule has 6 rings (SSSR count). The number of aliphatic hydroxyl groups is 9. The summed E-state index contributed by atoms with van der Waals surface area (Å²) in [5.74, 6) is 0. The molecule has 0 aliphatic carbocycles. The second-order valence-electron chi connectivity index (χ2n) is 11.9. The Morgan fingerprint density at radius 3 is 1.77 bits per heavy atom. The van der Waals surface area contributed by atoms with E-state index in [9.17, 15) is 58.9 Å². The molecule has 0 amide bonds. The van der Waals surface area contributed by atoms with Crippen molar-refractivity contribution in [2.24, 2.45) is 0 Å². The molecular formula is C24H38O22S. The van der Waals surface area contributed by atoms with E-state index in [2.05, 4.69) is 4.18 Å². The van der Waals surface area contributed by atoms with Gasteiger partial charge in [0.15, 0.2) is 25.2 Å². The van der Waals surface area contributed by atoms with E-state index in [4.69, 9.17) is 42.6 Å². The minimum atomic E-state index is -5.20. The van der Waals surface area contributed by atoms with Crippen LogP contribution < -0.4 is 0 Å². The summed E-state index contributed by atoms with van der Waals surface area (Å²) in [5, 5.41) is 93.7. The van der Waals surface area contributed by atoms with E-state index >= 15 is 0 Å². The summed E-state index contributed by atoms with van der Waals surface area (Å²) in [4.78, 5) is 0. The predicted octanol–water partition coefficient (Wildman–Crippen LogP) is -7.83. The number of hydrogen-bond donors (Lipinski definition) is 10. The highest BCUT2D eigenvalue weighted by molar-refractivity contribution is 7.80. The van der Waals surface area contributed by atoms with Gasteiger partial charge < -0.3 is 88.6 Å². The maximum absolute atomic E-state index is 11.5. The minimum absolute atomic E-state index is 0.0333. The normalized spacial score (nSPS) is 53.3. The van der Waals surface area contributed by atoms with Crippen molar-refractivity contribution in [2.75, 3.05) is 26.4 Å². The molecule has 6 aliphatic heterocycles. The standard InChI is InChI=1S/C24H38O22S/c25-1-5-9(27)18(44-22-12(30)17-10(28)7(41-22)3-37-17)13(31)23(40-5)43-15-8-4-38-19(15)14(32)24(42-8)45-20-11(29)21(33)39-6(2-26)16(20)46-47(34,35)36/h5-33H,1-4H2,(H,34,35,36)/t5-,6-,7-,8-,9+,10+,11-,12-,13-,14-,15+,16+,17+,18+,19-,20-,21?,22-,23+,24-/m1/s1. The highest BCUT2D eigenvalue weighted by atomic mass is 32.3. The lowest BCUT2D eigenvalue weighted by molar-refractivity contribution is -0.371. The van der Waals surface area contributed by atoms with Gasteiger partial charge in [-0.1, -0.05) is 0 Å². The molecular weight excluding hydrogens is 672 g/mol. The molecule has 6 fully saturated rings. The number of hydrogen-bond acceptors (Lipinski definition) is 21. The van der Waals surface area contributed by atoms with Gasteiger partial charge in [0.05, 0.1) is 26.4 Å². The lowest BCUT2D eigenvalue weighted by Gasteiger charge is -2.47. The van der Waals surface area contributed by atoms with Gasteiger partial charge in [-0.05, 0) is 0 Å². The maximum atomic E-state index is 11.5. The van der Waals surface area contributed by atoms with E-state index in [-0.39, 0.29) is 13.2 Å². The van der Waals surface area contributed by atoms with E-state index in [1.807, 2.05) is 0 Å². The number of fused-ring (bicyclic) bond motifs is 4. The molecule has 22 nitrogen and oxygen atoms in total. The third-order valence-corrected chi connectivity index (χ3v) is 9.37. The van der Waals surface area contributed by atoms with Crippen LogP contribution in [0.15, 0.2) is 0 Å². The molecule has 6 heterocycles. The first-order chi connectivity index (χ1) is 22.2. The molecule has 1 unspecified atom stereocenters. The molecule has 0 aromatic heterocycles. The Labute approximate surface area is 265 Å². The largest absolute Gasteiger partial charge is 0.397 e. The van der Waals surface area contributed by atoms with E-state index < -0.39 is 146 Å². The first-order valence-electron chi connectivity index (χ1n) is 14.7. The Hall–Kier alpha value is -0.850. The molecule has 0 spiro atoms. The molecule has 0 saturated carbocycles. The van der Waals surface area contributed by atoms with Crippen LogP contribution in [0.4, 0.5) is 0 Å². The van der Waals surface area contributed by atoms with Crippen molar-refractivity contribution in [3.05, 3.63) is 0 Å². The minimum Gasteiger partial charge on any atom is -0.394 e. The second-order valence-corrected chi connectivity index (χ2v) is 12.9. The van der Waals surface area contributed by atoms with Crippen molar-refractivity contribution in [1.29, 1.82) is 0 Å². The van der Waals surface area contributed by atoms with Crippen molar-refractivity contribution < 1.29 is 106 Å². The SMILES string of the molecule is O=S(=O)(O)O[C@@H]1[C@H](O[C@H]2O[C@@H]3CO[C@H]([C@H]2O)[C@H]3O[C@@H]2O[C@H](CO)[C@H](O)[C@H](O[C@H]3O[C@@H]4CO[C@@H]([C@H]4O)[C@H]3O)[C@H]2O)[C@@H](O)C(O)O[C@@H]1CO. The molecule has 10 N–H and O–H groups in total. The fourth-order valence-electron chi connectivity index (χ4n) is 6.52. The van der Waals surface area contributed by atoms with Gasteiger partial charge >= 0.3 is 10.4 Å². The van der Waals surface area contributed by atoms with Crippen molar-refractivity contribution in [3.63, 3.8) is 0 Å². The lowest BCUT2D eigenvalue weighted by atomic mass is 9.96. The Morgan fingerprint density at radius 1 is 0.553 bits per heavy atom. The molecule has 272 valence electrons.